The monoisotopic (exact) mass is 254 g/mol. The molecule has 2 rings (SSSR count). The molecule has 2 aromatic carbocycles. The predicted octanol–water partition coefficient (Wildman–Crippen LogP) is 4.29. The minimum absolute atomic E-state index is 0.0998. The van der Waals surface area contributed by atoms with Gasteiger partial charge in [0.05, 0.1) is 17.7 Å². The van der Waals surface area contributed by atoms with E-state index in [1.807, 2.05) is 0 Å². The van der Waals surface area contributed by atoms with Crippen molar-refractivity contribution in [2.75, 3.05) is 7.11 Å². The van der Waals surface area contributed by atoms with Gasteiger partial charge in [0.15, 0.2) is 5.82 Å². The Morgan fingerprint density at radius 1 is 1.00 bits per heavy atom. The maximum Gasteiger partial charge on any atom is 0.152 e. The molecular formula is C13H9ClF2O. The van der Waals surface area contributed by atoms with Crippen molar-refractivity contribution in [3.05, 3.63) is 53.1 Å². The van der Waals surface area contributed by atoms with Crippen LogP contribution in [0.25, 0.3) is 11.1 Å². The SMILES string of the molecule is COc1ccc(-c2c(F)ccc(Cl)c2F)cc1. The molecule has 0 amide bonds. The molecule has 0 N–H and O–H groups in total. The molecule has 0 saturated carbocycles. The van der Waals surface area contributed by atoms with E-state index in [2.05, 4.69) is 0 Å². The van der Waals surface area contributed by atoms with Crippen LogP contribution in [0.5, 0.6) is 5.75 Å². The molecule has 0 aliphatic heterocycles. The van der Waals surface area contributed by atoms with Gasteiger partial charge in [-0.05, 0) is 29.8 Å². The van der Waals surface area contributed by atoms with Gasteiger partial charge in [0.25, 0.3) is 0 Å². The smallest absolute Gasteiger partial charge is 0.152 e. The Morgan fingerprint density at radius 3 is 2.24 bits per heavy atom. The van der Waals surface area contributed by atoms with Gasteiger partial charge in [-0.2, -0.15) is 0 Å². The molecule has 1 nitrogen and oxygen atoms in total. The first-order valence-electron chi connectivity index (χ1n) is 4.91. The van der Waals surface area contributed by atoms with E-state index in [9.17, 15) is 8.78 Å². The van der Waals surface area contributed by atoms with E-state index in [0.29, 0.717) is 11.3 Å². The van der Waals surface area contributed by atoms with Crippen molar-refractivity contribution in [2.24, 2.45) is 0 Å². The zero-order valence-electron chi connectivity index (χ0n) is 9.01. The summed E-state index contributed by atoms with van der Waals surface area (Å²) >= 11 is 5.63. The molecule has 0 saturated heterocycles. The number of methoxy groups -OCH3 is 1. The second-order valence-corrected chi connectivity index (χ2v) is 3.85. The Kier molecular flexibility index (Phi) is 3.29. The lowest BCUT2D eigenvalue weighted by Gasteiger charge is -2.07. The Morgan fingerprint density at radius 2 is 1.65 bits per heavy atom. The van der Waals surface area contributed by atoms with E-state index < -0.39 is 11.6 Å². The van der Waals surface area contributed by atoms with Crippen molar-refractivity contribution < 1.29 is 13.5 Å². The summed E-state index contributed by atoms with van der Waals surface area (Å²) in [6.45, 7) is 0. The zero-order chi connectivity index (χ0) is 12.4. The largest absolute Gasteiger partial charge is 0.497 e. The standard InChI is InChI=1S/C13H9ClF2O/c1-17-9-4-2-8(3-5-9)12-11(15)7-6-10(14)13(12)16/h2-7H,1H3. The number of ether oxygens (including phenoxy) is 1. The summed E-state index contributed by atoms with van der Waals surface area (Å²) in [4.78, 5) is 0. The molecule has 0 fully saturated rings. The van der Waals surface area contributed by atoms with E-state index in [-0.39, 0.29) is 10.6 Å². The van der Waals surface area contributed by atoms with Gasteiger partial charge in [0, 0.05) is 0 Å². The molecule has 0 heterocycles. The van der Waals surface area contributed by atoms with Gasteiger partial charge in [-0.1, -0.05) is 23.7 Å². The summed E-state index contributed by atoms with van der Waals surface area (Å²) < 4.78 is 32.3. The molecule has 0 radical (unpaired) electrons. The van der Waals surface area contributed by atoms with Crippen LogP contribution < -0.4 is 4.74 Å². The Hall–Kier alpha value is -1.61. The molecule has 2 aromatic rings. The maximum absolute atomic E-state index is 13.7. The maximum atomic E-state index is 13.7. The van der Waals surface area contributed by atoms with Crippen LogP contribution in [0.4, 0.5) is 8.78 Å². The molecule has 0 aromatic heterocycles. The van der Waals surface area contributed by atoms with E-state index in [1.165, 1.54) is 13.2 Å². The minimum atomic E-state index is -0.753. The van der Waals surface area contributed by atoms with Crippen LogP contribution in [-0.4, -0.2) is 7.11 Å². The molecule has 0 spiro atoms. The van der Waals surface area contributed by atoms with Crippen molar-refractivity contribution in [1.29, 1.82) is 0 Å². The van der Waals surface area contributed by atoms with Gasteiger partial charge in [0.1, 0.15) is 11.6 Å². The lowest BCUT2D eigenvalue weighted by Crippen LogP contribution is -1.91. The van der Waals surface area contributed by atoms with Crippen molar-refractivity contribution >= 4 is 11.6 Å². The summed E-state index contributed by atoms with van der Waals surface area (Å²) in [6.07, 6.45) is 0. The number of hydrogen-bond acceptors (Lipinski definition) is 1. The van der Waals surface area contributed by atoms with Gasteiger partial charge in [-0.3, -0.25) is 0 Å². The molecule has 4 heteroatoms. The molecule has 0 bridgehead atoms. The normalized spacial score (nSPS) is 10.4. The average molecular weight is 255 g/mol. The molecule has 0 aliphatic rings. The van der Waals surface area contributed by atoms with E-state index in [4.69, 9.17) is 16.3 Å². The Labute approximate surface area is 103 Å². The van der Waals surface area contributed by atoms with Gasteiger partial charge in [-0.25, -0.2) is 8.78 Å². The van der Waals surface area contributed by atoms with Gasteiger partial charge < -0.3 is 4.74 Å². The summed E-state index contributed by atoms with van der Waals surface area (Å²) in [5.41, 5.74) is 0.295. The van der Waals surface area contributed by atoms with Crippen LogP contribution in [0.15, 0.2) is 36.4 Å². The number of rotatable bonds is 2. The van der Waals surface area contributed by atoms with Crippen LogP contribution in [0, 0.1) is 11.6 Å². The second-order valence-electron chi connectivity index (χ2n) is 3.45. The van der Waals surface area contributed by atoms with Crippen molar-refractivity contribution in [1.82, 2.24) is 0 Å². The van der Waals surface area contributed by atoms with Crippen LogP contribution in [-0.2, 0) is 0 Å². The summed E-state index contributed by atoms with van der Waals surface area (Å²) in [7, 11) is 1.52. The molecular weight excluding hydrogens is 246 g/mol. The third-order valence-corrected chi connectivity index (χ3v) is 2.71. The molecule has 0 unspecified atom stereocenters. The first-order valence-corrected chi connectivity index (χ1v) is 5.29. The second kappa shape index (κ2) is 4.72. The fraction of sp³-hybridized carbons (Fsp3) is 0.0769. The van der Waals surface area contributed by atoms with Gasteiger partial charge in [0.2, 0.25) is 0 Å². The molecule has 17 heavy (non-hydrogen) atoms. The van der Waals surface area contributed by atoms with Crippen molar-refractivity contribution in [2.45, 2.75) is 0 Å². The number of hydrogen-bond donors (Lipinski definition) is 0. The molecule has 0 atom stereocenters. The van der Waals surface area contributed by atoms with E-state index in [1.54, 1.807) is 24.3 Å². The third kappa shape index (κ3) is 2.24. The lowest BCUT2D eigenvalue weighted by molar-refractivity contribution is 0.415. The highest BCUT2D eigenvalue weighted by Crippen LogP contribution is 2.31. The van der Waals surface area contributed by atoms with Crippen LogP contribution in [0.3, 0.4) is 0 Å². The molecule has 88 valence electrons. The van der Waals surface area contributed by atoms with Crippen LogP contribution in [0.2, 0.25) is 5.02 Å². The van der Waals surface area contributed by atoms with Crippen molar-refractivity contribution in [3.8, 4) is 16.9 Å². The topological polar surface area (TPSA) is 9.23 Å². The quantitative estimate of drug-likeness (QED) is 0.727. The minimum Gasteiger partial charge on any atom is -0.497 e. The van der Waals surface area contributed by atoms with Crippen LogP contribution >= 0.6 is 11.6 Å². The zero-order valence-corrected chi connectivity index (χ0v) is 9.76. The third-order valence-electron chi connectivity index (χ3n) is 2.42. The first-order chi connectivity index (χ1) is 8.13. The first kappa shape index (κ1) is 11.9. The fourth-order valence-corrected chi connectivity index (χ4v) is 1.71. The predicted molar refractivity (Wildman–Crippen MR) is 63.4 cm³/mol. The number of halogens is 3. The average Bonchev–Trinajstić information content (AvgIpc) is 2.35. The van der Waals surface area contributed by atoms with E-state index >= 15 is 0 Å². The summed E-state index contributed by atoms with van der Waals surface area (Å²) in [5.74, 6) is -0.773. The van der Waals surface area contributed by atoms with Crippen molar-refractivity contribution in [3.63, 3.8) is 0 Å². The highest BCUT2D eigenvalue weighted by molar-refractivity contribution is 6.31. The van der Waals surface area contributed by atoms with Gasteiger partial charge >= 0.3 is 0 Å². The Bertz CT molecular complexity index is 538. The Balaban J connectivity index is 2.55. The lowest BCUT2D eigenvalue weighted by atomic mass is 10.0. The molecule has 0 aliphatic carbocycles. The van der Waals surface area contributed by atoms with E-state index in [0.717, 1.165) is 6.07 Å². The summed E-state index contributed by atoms with van der Waals surface area (Å²) in [6, 6.07) is 8.77. The number of benzene rings is 2. The van der Waals surface area contributed by atoms with Gasteiger partial charge in [-0.15, -0.1) is 0 Å². The fourth-order valence-electron chi connectivity index (χ4n) is 1.55. The highest BCUT2D eigenvalue weighted by Gasteiger charge is 2.14. The highest BCUT2D eigenvalue weighted by atomic mass is 35.5. The summed E-state index contributed by atoms with van der Waals surface area (Å²) in [5, 5.41) is -0.0998. The van der Waals surface area contributed by atoms with Crippen LogP contribution in [0.1, 0.15) is 0 Å².